The molecule has 0 spiro atoms. The standard InChI is InChI=1S/C9H10N2/c10-7-2-3-8-6(5-7)1-4-9(8)11/h2-3,5,11H,1,4,10H2. The van der Waals surface area contributed by atoms with Gasteiger partial charge in [-0.25, -0.2) is 0 Å². The van der Waals surface area contributed by atoms with Crippen molar-refractivity contribution in [3.05, 3.63) is 29.3 Å². The van der Waals surface area contributed by atoms with Crippen molar-refractivity contribution in [1.82, 2.24) is 0 Å². The van der Waals surface area contributed by atoms with E-state index in [9.17, 15) is 0 Å². The lowest BCUT2D eigenvalue weighted by Crippen LogP contribution is -1.92. The summed E-state index contributed by atoms with van der Waals surface area (Å²) in [6.45, 7) is 0. The van der Waals surface area contributed by atoms with Gasteiger partial charge < -0.3 is 11.1 Å². The summed E-state index contributed by atoms with van der Waals surface area (Å²) in [7, 11) is 0. The first-order chi connectivity index (χ1) is 5.27. The maximum Gasteiger partial charge on any atom is 0.0392 e. The molecule has 0 unspecified atom stereocenters. The fraction of sp³-hybridized carbons (Fsp3) is 0.222. The molecule has 1 aliphatic rings. The molecule has 1 aromatic carbocycles. The maximum atomic E-state index is 7.56. The Hall–Kier alpha value is -1.31. The highest BCUT2D eigenvalue weighted by atomic mass is 14.5. The van der Waals surface area contributed by atoms with Gasteiger partial charge >= 0.3 is 0 Å². The molecular weight excluding hydrogens is 136 g/mol. The first-order valence-corrected chi connectivity index (χ1v) is 3.73. The van der Waals surface area contributed by atoms with Crippen molar-refractivity contribution in [3.63, 3.8) is 0 Å². The SMILES string of the molecule is N=C1CCc2cc(N)ccc21. The Morgan fingerprint density at radius 3 is 2.91 bits per heavy atom. The molecule has 3 N–H and O–H groups in total. The van der Waals surface area contributed by atoms with E-state index in [2.05, 4.69) is 0 Å². The Kier molecular flexibility index (Phi) is 1.22. The Balaban J connectivity index is 2.59. The van der Waals surface area contributed by atoms with Crippen LogP contribution in [0.2, 0.25) is 0 Å². The van der Waals surface area contributed by atoms with E-state index >= 15 is 0 Å². The highest BCUT2D eigenvalue weighted by molar-refractivity contribution is 6.02. The van der Waals surface area contributed by atoms with Crippen LogP contribution in [-0.4, -0.2) is 5.71 Å². The van der Waals surface area contributed by atoms with Gasteiger partial charge in [-0.2, -0.15) is 0 Å². The first-order valence-electron chi connectivity index (χ1n) is 3.73. The van der Waals surface area contributed by atoms with Crippen molar-refractivity contribution in [2.75, 3.05) is 5.73 Å². The van der Waals surface area contributed by atoms with E-state index in [0.717, 1.165) is 29.8 Å². The Morgan fingerprint density at radius 1 is 1.27 bits per heavy atom. The molecule has 0 aliphatic heterocycles. The summed E-state index contributed by atoms with van der Waals surface area (Å²) in [5.74, 6) is 0. The average Bonchev–Trinajstić information content (AvgIpc) is 2.32. The van der Waals surface area contributed by atoms with Crippen LogP contribution < -0.4 is 5.73 Å². The smallest absolute Gasteiger partial charge is 0.0392 e. The lowest BCUT2D eigenvalue weighted by molar-refractivity contribution is 1.09. The van der Waals surface area contributed by atoms with E-state index in [0.29, 0.717) is 0 Å². The third kappa shape index (κ3) is 0.909. The van der Waals surface area contributed by atoms with Gasteiger partial charge in [0.1, 0.15) is 0 Å². The van der Waals surface area contributed by atoms with Gasteiger partial charge in [0, 0.05) is 11.4 Å². The molecule has 0 bridgehead atoms. The largest absolute Gasteiger partial charge is 0.399 e. The summed E-state index contributed by atoms with van der Waals surface area (Å²) in [6, 6.07) is 5.77. The van der Waals surface area contributed by atoms with E-state index in [4.69, 9.17) is 11.1 Å². The molecule has 0 saturated heterocycles. The van der Waals surface area contributed by atoms with Crippen LogP contribution in [0.3, 0.4) is 0 Å². The van der Waals surface area contributed by atoms with Crippen LogP contribution in [0, 0.1) is 5.41 Å². The normalized spacial score (nSPS) is 15.1. The lowest BCUT2D eigenvalue weighted by atomic mass is 10.1. The van der Waals surface area contributed by atoms with Crippen molar-refractivity contribution in [3.8, 4) is 0 Å². The van der Waals surface area contributed by atoms with Gasteiger partial charge in [-0.1, -0.05) is 6.07 Å². The molecule has 2 heteroatoms. The molecular formula is C9H10N2. The number of benzene rings is 1. The van der Waals surface area contributed by atoms with Crippen molar-refractivity contribution in [2.45, 2.75) is 12.8 Å². The molecule has 0 saturated carbocycles. The van der Waals surface area contributed by atoms with E-state index in [1.165, 1.54) is 5.56 Å². The first kappa shape index (κ1) is 6.40. The number of nitrogen functional groups attached to an aromatic ring is 1. The van der Waals surface area contributed by atoms with E-state index in [-0.39, 0.29) is 0 Å². The third-order valence-corrected chi connectivity index (χ3v) is 2.10. The summed E-state index contributed by atoms with van der Waals surface area (Å²) in [4.78, 5) is 0. The number of nitrogens with one attached hydrogen (secondary N) is 1. The molecule has 0 amide bonds. The van der Waals surface area contributed by atoms with E-state index in [1.54, 1.807) is 0 Å². The minimum absolute atomic E-state index is 0.750. The van der Waals surface area contributed by atoms with E-state index < -0.39 is 0 Å². The number of aryl methyl sites for hydroxylation is 1. The zero-order valence-corrected chi connectivity index (χ0v) is 6.22. The van der Waals surface area contributed by atoms with Gasteiger partial charge in [-0.3, -0.25) is 0 Å². The van der Waals surface area contributed by atoms with Gasteiger partial charge in [0.05, 0.1) is 0 Å². The van der Waals surface area contributed by atoms with Crippen molar-refractivity contribution >= 4 is 11.4 Å². The predicted octanol–water partition coefficient (Wildman–Crippen LogP) is 1.58. The third-order valence-electron chi connectivity index (χ3n) is 2.10. The highest BCUT2D eigenvalue weighted by Crippen LogP contribution is 2.23. The number of hydrogen-bond acceptors (Lipinski definition) is 2. The van der Waals surface area contributed by atoms with Gasteiger partial charge in [-0.05, 0) is 36.1 Å². The molecule has 1 aliphatic carbocycles. The number of hydrogen-bond donors (Lipinski definition) is 2. The van der Waals surface area contributed by atoms with Crippen molar-refractivity contribution in [2.24, 2.45) is 0 Å². The van der Waals surface area contributed by atoms with Crippen LogP contribution in [0.1, 0.15) is 17.5 Å². The zero-order chi connectivity index (χ0) is 7.84. The second-order valence-electron chi connectivity index (χ2n) is 2.90. The molecule has 0 radical (unpaired) electrons. The summed E-state index contributed by atoms with van der Waals surface area (Å²) >= 11 is 0. The lowest BCUT2D eigenvalue weighted by Gasteiger charge is -1.98. The predicted molar refractivity (Wildman–Crippen MR) is 46.0 cm³/mol. The molecule has 2 nitrogen and oxygen atoms in total. The van der Waals surface area contributed by atoms with Crippen LogP contribution in [0.4, 0.5) is 5.69 Å². The van der Waals surface area contributed by atoms with Gasteiger partial charge in [0.25, 0.3) is 0 Å². The number of anilines is 1. The van der Waals surface area contributed by atoms with E-state index in [1.807, 2.05) is 18.2 Å². The molecule has 0 heterocycles. The molecule has 1 aromatic rings. The molecule has 0 atom stereocenters. The fourth-order valence-electron chi connectivity index (χ4n) is 1.51. The van der Waals surface area contributed by atoms with Crippen LogP contribution in [-0.2, 0) is 6.42 Å². The monoisotopic (exact) mass is 146 g/mol. The van der Waals surface area contributed by atoms with Crippen LogP contribution in [0.15, 0.2) is 18.2 Å². The summed E-state index contributed by atoms with van der Waals surface area (Å²) < 4.78 is 0. The Morgan fingerprint density at radius 2 is 2.09 bits per heavy atom. The molecule has 0 aromatic heterocycles. The topological polar surface area (TPSA) is 49.9 Å². The maximum absolute atomic E-state index is 7.56. The summed E-state index contributed by atoms with van der Waals surface area (Å²) in [5, 5.41) is 7.56. The number of fused-ring (bicyclic) bond motifs is 1. The second kappa shape index (κ2) is 2.09. The van der Waals surface area contributed by atoms with Gasteiger partial charge in [-0.15, -0.1) is 0 Å². The zero-order valence-electron chi connectivity index (χ0n) is 6.22. The van der Waals surface area contributed by atoms with Crippen molar-refractivity contribution < 1.29 is 0 Å². The minimum Gasteiger partial charge on any atom is -0.399 e. The summed E-state index contributed by atoms with van der Waals surface area (Å²) in [5.41, 5.74) is 9.47. The molecule has 11 heavy (non-hydrogen) atoms. The Bertz CT molecular complexity index is 315. The Labute approximate surface area is 65.5 Å². The highest BCUT2D eigenvalue weighted by Gasteiger charge is 2.15. The molecule has 0 fully saturated rings. The van der Waals surface area contributed by atoms with Crippen molar-refractivity contribution in [1.29, 1.82) is 5.41 Å². The van der Waals surface area contributed by atoms with Gasteiger partial charge in [0.2, 0.25) is 0 Å². The fourth-order valence-corrected chi connectivity index (χ4v) is 1.51. The number of nitrogens with two attached hydrogens (primary N) is 1. The number of rotatable bonds is 0. The quantitative estimate of drug-likeness (QED) is 0.536. The van der Waals surface area contributed by atoms with Crippen LogP contribution in [0.25, 0.3) is 0 Å². The van der Waals surface area contributed by atoms with Crippen LogP contribution >= 0.6 is 0 Å². The average molecular weight is 146 g/mol. The molecule has 56 valence electrons. The van der Waals surface area contributed by atoms with Crippen LogP contribution in [0.5, 0.6) is 0 Å². The second-order valence-corrected chi connectivity index (χ2v) is 2.90. The van der Waals surface area contributed by atoms with Gasteiger partial charge in [0.15, 0.2) is 0 Å². The summed E-state index contributed by atoms with van der Waals surface area (Å²) in [6.07, 6.45) is 1.86. The molecule has 2 rings (SSSR count). The minimum atomic E-state index is 0.750.